The molecule has 0 unspecified atom stereocenters. The number of ketones is 1. The zero-order chi connectivity index (χ0) is 17.5. The Morgan fingerprint density at radius 2 is 1.70 bits per heavy atom. The van der Waals surface area contributed by atoms with E-state index in [1.54, 1.807) is 26.0 Å². The standard InChI is InChI=1S/C16H20N2O5/c1-3-22-14(20)13(15(21)23-4-2)16(9-17,10-18)11-7-5-6-8-12(11)19/h11,13H,3-8H2,1-2H3/t11-/m1/s1. The van der Waals surface area contributed by atoms with Gasteiger partial charge in [-0.15, -0.1) is 0 Å². The van der Waals surface area contributed by atoms with E-state index in [4.69, 9.17) is 9.47 Å². The van der Waals surface area contributed by atoms with E-state index in [0.717, 1.165) is 0 Å². The van der Waals surface area contributed by atoms with Gasteiger partial charge in [0.25, 0.3) is 0 Å². The van der Waals surface area contributed by atoms with E-state index in [1.807, 2.05) is 0 Å². The van der Waals surface area contributed by atoms with Crippen LogP contribution in [0.25, 0.3) is 0 Å². The Kier molecular flexibility index (Phi) is 6.71. The van der Waals surface area contributed by atoms with Gasteiger partial charge in [0.05, 0.1) is 31.3 Å². The van der Waals surface area contributed by atoms with Crippen molar-refractivity contribution in [3.63, 3.8) is 0 Å². The van der Waals surface area contributed by atoms with Gasteiger partial charge < -0.3 is 9.47 Å². The molecule has 0 radical (unpaired) electrons. The first-order chi connectivity index (χ1) is 11.0. The van der Waals surface area contributed by atoms with Crippen LogP contribution in [0.15, 0.2) is 0 Å². The highest BCUT2D eigenvalue weighted by molar-refractivity contribution is 5.98. The van der Waals surface area contributed by atoms with Crippen molar-refractivity contribution < 1.29 is 23.9 Å². The van der Waals surface area contributed by atoms with Gasteiger partial charge >= 0.3 is 11.9 Å². The molecule has 0 spiro atoms. The van der Waals surface area contributed by atoms with Crippen LogP contribution in [0, 0.1) is 39.9 Å². The van der Waals surface area contributed by atoms with E-state index >= 15 is 0 Å². The molecule has 1 saturated carbocycles. The lowest BCUT2D eigenvalue weighted by atomic mass is 9.63. The molecule has 1 atom stereocenters. The summed E-state index contributed by atoms with van der Waals surface area (Å²) in [7, 11) is 0. The van der Waals surface area contributed by atoms with Gasteiger partial charge in [-0.05, 0) is 26.7 Å². The first-order valence-corrected chi connectivity index (χ1v) is 7.66. The van der Waals surface area contributed by atoms with Crippen molar-refractivity contribution in [2.24, 2.45) is 17.3 Å². The quantitative estimate of drug-likeness (QED) is 0.538. The number of nitriles is 2. The molecule has 0 saturated heterocycles. The van der Waals surface area contributed by atoms with Crippen LogP contribution in [0.2, 0.25) is 0 Å². The Hall–Kier alpha value is -2.41. The van der Waals surface area contributed by atoms with Crippen molar-refractivity contribution in [1.29, 1.82) is 10.5 Å². The molecular formula is C16H20N2O5. The van der Waals surface area contributed by atoms with Gasteiger partial charge in [-0.3, -0.25) is 14.4 Å². The summed E-state index contributed by atoms with van der Waals surface area (Å²) in [5.74, 6) is -5.03. The van der Waals surface area contributed by atoms with Crippen molar-refractivity contribution in [2.75, 3.05) is 13.2 Å². The zero-order valence-corrected chi connectivity index (χ0v) is 13.3. The minimum atomic E-state index is -2.10. The Bertz CT molecular complexity index is 526. The summed E-state index contributed by atoms with van der Waals surface area (Å²) in [4.78, 5) is 36.7. The van der Waals surface area contributed by atoms with E-state index in [1.165, 1.54) is 0 Å². The number of ether oxygens (including phenoxy) is 2. The van der Waals surface area contributed by atoms with Crippen LogP contribution in [-0.4, -0.2) is 30.9 Å². The fourth-order valence-electron chi connectivity index (χ4n) is 2.89. The number of carbonyl (C=O) groups excluding carboxylic acids is 3. The number of nitrogens with zero attached hydrogens (tertiary/aromatic N) is 2. The largest absolute Gasteiger partial charge is 0.465 e. The normalized spacial score (nSPS) is 18.0. The second-order valence-electron chi connectivity index (χ2n) is 5.29. The van der Waals surface area contributed by atoms with Crippen molar-refractivity contribution in [3.05, 3.63) is 0 Å². The third-order valence-electron chi connectivity index (χ3n) is 3.97. The molecule has 0 amide bonds. The van der Waals surface area contributed by atoms with E-state index in [9.17, 15) is 24.9 Å². The second kappa shape index (κ2) is 8.28. The molecule has 1 aliphatic rings. The molecule has 124 valence electrons. The second-order valence-corrected chi connectivity index (χ2v) is 5.29. The molecule has 1 rings (SSSR count). The molecule has 0 N–H and O–H groups in total. The summed E-state index contributed by atoms with van der Waals surface area (Å²) in [6.07, 6.45) is 1.84. The minimum absolute atomic E-state index is 0.0136. The summed E-state index contributed by atoms with van der Waals surface area (Å²) < 4.78 is 9.71. The van der Waals surface area contributed by atoms with Gasteiger partial charge in [0.15, 0.2) is 11.3 Å². The number of carbonyl (C=O) groups is 3. The summed E-state index contributed by atoms with van der Waals surface area (Å²) >= 11 is 0. The predicted octanol–water partition coefficient (Wildman–Crippen LogP) is 1.52. The van der Waals surface area contributed by atoms with Gasteiger partial charge in [-0.1, -0.05) is 6.42 Å². The SMILES string of the molecule is CCOC(=O)C(C(=O)OCC)C(C#N)(C#N)[C@@H]1CCCCC1=O. The van der Waals surface area contributed by atoms with Gasteiger partial charge in [0, 0.05) is 6.42 Å². The smallest absolute Gasteiger partial charge is 0.323 e. The molecule has 0 heterocycles. The molecule has 0 aliphatic heterocycles. The number of Topliss-reactive ketones (excluding diaryl/α,β-unsaturated/α-hetero) is 1. The average Bonchev–Trinajstić information content (AvgIpc) is 2.53. The Morgan fingerprint density at radius 1 is 1.17 bits per heavy atom. The van der Waals surface area contributed by atoms with Gasteiger partial charge in [-0.25, -0.2) is 0 Å². The molecule has 1 aliphatic carbocycles. The molecule has 1 fully saturated rings. The van der Waals surface area contributed by atoms with Gasteiger partial charge in [0.1, 0.15) is 5.78 Å². The van der Waals surface area contributed by atoms with Crippen molar-refractivity contribution in [2.45, 2.75) is 39.5 Å². The zero-order valence-electron chi connectivity index (χ0n) is 13.3. The van der Waals surface area contributed by atoms with E-state index in [2.05, 4.69) is 0 Å². The van der Waals surface area contributed by atoms with Crippen LogP contribution in [0.5, 0.6) is 0 Å². The molecule has 0 aromatic carbocycles. The van der Waals surface area contributed by atoms with Crippen molar-refractivity contribution in [1.82, 2.24) is 0 Å². The van der Waals surface area contributed by atoms with E-state index < -0.39 is 29.2 Å². The van der Waals surface area contributed by atoms with Crippen LogP contribution in [-0.2, 0) is 23.9 Å². The molecule has 23 heavy (non-hydrogen) atoms. The predicted molar refractivity (Wildman–Crippen MR) is 77.4 cm³/mol. The van der Waals surface area contributed by atoms with Crippen LogP contribution in [0.4, 0.5) is 0 Å². The fraction of sp³-hybridized carbons (Fsp3) is 0.688. The van der Waals surface area contributed by atoms with Gasteiger partial charge in [-0.2, -0.15) is 10.5 Å². The van der Waals surface area contributed by atoms with Crippen LogP contribution < -0.4 is 0 Å². The maximum Gasteiger partial charge on any atom is 0.323 e. The summed E-state index contributed by atoms with van der Waals surface area (Å²) in [6.45, 7) is 3.07. The highest BCUT2D eigenvalue weighted by Crippen LogP contribution is 2.42. The van der Waals surface area contributed by atoms with Crippen molar-refractivity contribution >= 4 is 17.7 Å². The number of hydrogen-bond donors (Lipinski definition) is 0. The number of esters is 2. The maximum absolute atomic E-state index is 12.2. The molecule has 7 heteroatoms. The van der Waals surface area contributed by atoms with E-state index in [-0.39, 0.29) is 31.8 Å². The maximum atomic E-state index is 12.2. The van der Waals surface area contributed by atoms with Crippen LogP contribution in [0.1, 0.15) is 39.5 Å². The minimum Gasteiger partial charge on any atom is -0.465 e. The van der Waals surface area contributed by atoms with E-state index in [0.29, 0.717) is 12.8 Å². The Labute approximate surface area is 135 Å². The Morgan fingerprint density at radius 3 is 2.09 bits per heavy atom. The summed E-state index contributed by atoms with van der Waals surface area (Å²) in [5.41, 5.74) is -2.10. The third-order valence-corrected chi connectivity index (χ3v) is 3.97. The summed E-state index contributed by atoms with van der Waals surface area (Å²) in [6, 6.07) is 3.52. The topological polar surface area (TPSA) is 117 Å². The molecule has 0 aromatic heterocycles. The van der Waals surface area contributed by atoms with Crippen molar-refractivity contribution in [3.8, 4) is 12.1 Å². The highest BCUT2D eigenvalue weighted by atomic mass is 16.6. The molecule has 7 nitrogen and oxygen atoms in total. The average molecular weight is 320 g/mol. The molecule has 0 bridgehead atoms. The van der Waals surface area contributed by atoms with Gasteiger partial charge in [0.2, 0.25) is 0 Å². The van der Waals surface area contributed by atoms with Crippen LogP contribution >= 0.6 is 0 Å². The molecular weight excluding hydrogens is 300 g/mol. The first-order valence-electron chi connectivity index (χ1n) is 7.66. The highest BCUT2D eigenvalue weighted by Gasteiger charge is 2.57. The number of hydrogen-bond acceptors (Lipinski definition) is 7. The lowest BCUT2D eigenvalue weighted by molar-refractivity contribution is -0.167. The lowest BCUT2D eigenvalue weighted by Crippen LogP contribution is -2.49. The lowest BCUT2D eigenvalue weighted by Gasteiger charge is -2.34. The van der Waals surface area contributed by atoms with Crippen LogP contribution in [0.3, 0.4) is 0 Å². The monoisotopic (exact) mass is 320 g/mol. The third kappa shape index (κ3) is 3.68. The molecule has 0 aromatic rings. The first kappa shape index (κ1) is 18.6. The number of rotatable bonds is 6. The fourth-order valence-corrected chi connectivity index (χ4v) is 2.89. The Balaban J connectivity index is 3.37. The summed E-state index contributed by atoms with van der Waals surface area (Å²) in [5, 5.41) is 19.2.